The molecule has 1 amide bonds. The number of benzene rings is 1. The lowest BCUT2D eigenvalue weighted by molar-refractivity contribution is 0.0674. The van der Waals surface area contributed by atoms with E-state index in [1.165, 1.54) is 12.8 Å². The Morgan fingerprint density at radius 1 is 1.17 bits per heavy atom. The van der Waals surface area contributed by atoms with Crippen molar-refractivity contribution in [2.24, 2.45) is 5.92 Å². The van der Waals surface area contributed by atoms with Crippen molar-refractivity contribution < 1.29 is 9.53 Å². The molecule has 122 valence electrons. The van der Waals surface area contributed by atoms with Crippen LogP contribution in [-0.4, -0.2) is 36.0 Å². The van der Waals surface area contributed by atoms with Crippen LogP contribution in [0.5, 0.6) is 5.75 Å². The largest absolute Gasteiger partial charge is 0.497 e. The molecule has 23 heavy (non-hydrogen) atoms. The first kappa shape index (κ1) is 15.8. The molecule has 0 N–H and O–H groups in total. The SMILES string of the molecule is COc1ccc2nc(C(=O)N(C)C3CCC(C)CC3)ccc2c1. The summed E-state index contributed by atoms with van der Waals surface area (Å²) in [7, 11) is 3.55. The second kappa shape index (κ2) is 6.57. The number of hydrogen-bond acceptors (Lipinski definition) is 3. The molecule has 0 unspecified atom stereocenters. The predicted octanol–water partition coefficient (Wildman–Crippen LogP) is 3.89. The quantitative estimate of drug-likeness (QED) is 0.863. The van der Waals surface area contributed by atoms with E-state index in [9.17, 15) is 4.79 Å². The summed E-state index contributed by atoms with van der Waals surface area (Å²) in [6, 6.07) is 9.79. The number of carbonyl (C=O) groups excluding carboxylic acids is 1. The molecule has 1 aliphatic carbocycles. The molecule has 0 atom stereocenters. The number of carbonyl (C=O) groups is 1. The fourth-order valence-corrected chi connectivity index (χ4v) is 3.33. The highest BCUT2D eigenvalue weighted by atomic mass is 16.5. The molecule has 1 aromatic heterocycles. The number of fused-ring (bicyclic) bond motifs is 1. The van der Waals surface area contributed by atoms with Crippen molar-refractivity contribution in [1.82, 2.24) is 9.88 Å². The summed E-state index contributed by atoms with van der Waals surface area (Å²) in [5, 5.41) is 0.982. The molecule has 0 aliphatic heterocycles. The Labute approximate surface area is 137 Å². The lowest BCUT2D eigenvalue weighted by Gasteiger charge is -2.33. The molecule has 0 saturated heterocycles. The molecule has 1 saturated carbocycles. The first-order chi connectivity index (χ1) is 11.1. The number of amides is 1. The Morgan fingerprint density at radius 3 is 2.61 bits per heavy atom. The van der Waals surface area contributed by atoms with E-state index in [4.69, 9.17) is 4.74 Å². The Balaban J connectivity index is 1.80. The van der Waals surface area contributed by atoms with Gasteiger partial charge in [0, 0.05) is 18.5 Å². The standard InChI is InChI=1S/C19H24N2O2/c1-13-4-7-15(8-5-13)21(2)19(22)18-10-6-14-12-16(23-3)9-11-17(14)20-18/h6,9-13,15H,4-5,7-8H2,1-3H3. The van der Waals surface area contributed by atoms with E-state index in [0.29, 0.717) is 11.7 Å². The van der Waals surface area contributed by atoms with Crippen molar-refractivity contribution in [1.29, 1.82) is 0 Å². The molecule has 3 rings (SSSR count). The lowest BCUT2D eigenvalue weighted by atomic mass is 9.86. The molecule has 0 spiro atoms. The zero-order valence-electron chi connectivity index (χ0n) is 14.1. The normalized spacial score (nSPS) is 21.2. The molecular formula is C19H24N2O2. The average molecular weight is 312 g/mol. The van der Waals surface area contributed by atoms with Crippen LogP contribution in [0, 0.1) is 5.92 Å². The third-order valence-corrected chi connectivity index (χ3v) is 4.97. The van der Waals surface area contributed by atoms with Gasteiger partial charge in [-0.3, -0.25) is 4.79 Å². The van der Waals surface area contributed by atoms with Crippen molar-refractivity contribution in [2.75, 3.05) is 14.2 Å². The smallest absolute Gasteiger partial charge is 0.272 e. The number of aromatic nitrogens is 1. The van der Waals surface area contributed by atoms with Gasteiger partial charge < -0.3 is 9.64 Å². The van der Waals surface area contributed by atoms with Crippen molar-refractivity contribution in [2.45, 2.75) is 38.6 Å². The monoisotopic (exact) mass is 312 g/mol. The fraction of sp³-hybridized carbons (Fsp3) is 0.474. The second-order valence-electron chi connectivity index (χ2n) is 6.58. The molecule has 1 aromatic carbocycles. The van der Waals surface area contributed by atoms with Gasteiger partial charge in [0.15, 0.2) is 0 Å². The van der Waals surface area contributed by atoms with Crippen molar-refractivity contribution in [3.63, 3.8) is 0 Å². The van der Waals surface area contributed by atoms with E-state index >= 15 is 0 Å². The van der Waals surface area contributed by atoms with Gasteiger partial charge in [-0.15, -0.1) is 0 Å². The van der Waals surface area contributed by atoms with Crippen LogP contribution in [0.2, 0.25) is 0 Å². The molecule has 1 heterocycles. The summed E-state index contributed by atoms with van der Waals surface area (Å²) < 4.78 is 5.22. The van der Waals surface area contributed by atoms with Gasteiger partial charge >= 0.3 is 0 Å². The molecule has 0 radical (unpaired) electrons. The first-order valence-corrected chi connectivity index (χ1v) is 8.30. The number of nitrogens with zero attached hydrogens (tertiary/aromatic N) is 2. The topological polar surface area (TPSA) is 42.4 Å². The Kier molecular flexibility index (Phi) is 4.51. The van der Waals surface area contributed by atoms with E-state index in [2.05, 4.69) is 11.9 Å². The molecule has 4 heteroatoms. The molecule has 4 nitrogen and oxygen atoms in total. The lowest BCUT2D eigenvalue weighted by Crippen LogP contribution is -2.39. The van der Waals surface area contributed by atoms with Gasteiger partial charge in [-0.2, -0.15) is 0 Å². The zero-order valence-corrected chi connectivity index (χ0v) is 14.1. The van der Waals surface area contributed by atoms with Crippen LogP contribution in [0.1, 0.15) is 43.1 Å². The van der Waals surface area contributed by atoms with Crippen LogP contribution in [0.3, 0.4) is 0 Å². The van der Waals surface area contributed by atoms with Crippen molar-refractivity contribution in [3.8, 4) is 5.75 Å². The number of ether oxygens (including phenoxy) is 1. The van der Waals surface area contributed by atoms with Crippen molar-refractivity contribution >= 4 is 16.8 Å². The summed E-state index contributed by atoms with van der Waals surface area (Å²) in [5.74, 6) is 1.60. The second-order valence-corrected chi connectivity index (χ2v) is 6.58. The van der Waals surface area contributed by atoms with Crippen molar-refractivity contribution in [3.05, 3.63) is 36.0 Å². The van der Waals surface area contributed by atoms with E-state index in [1.807, 2.05) is 42.3 Å². The van der Waals surface area contributed by atoms with E-state index < -0.39 is 0 Å². The molecular weight excluding hydrogens is 288 g/mol. The summed E-state index contributed by atoms with van der Waals surface area (Å²) in [6.07, 6.45) is 4.59. The van der Waals surface area contributed by atoms with Crippen LogP contribution in [-0.2, 0) is 0 Å². The summed E-state index contributed by atoms with van der Waals surface area (Å²) in [4.78, 5) is 19.1. The van der Waals surface area contributed by atoms with E-state index in [-0.39, 0.29) is 5.91 Å². The van der Waals surface area contributed by atoms with Gasteiger partial charge in [0.05, 0.1) is 12.6 Å². The Hall–Kier alpha value is -2.10. The number of rotatable bonds is 3. The minimum Gasteiger partial charge on any atom is -0.497 e. The van der Waals surface area contributed by atoms with Crippen LogP contribution >= 0.6 is 0 Å². The molecule has 1 aliphatic rings. The number of methoxy groups -OCH3 is 1. The molecule has 2 aromatic rings. The number of pyridine rings is 1. The third kappa shape index (κ3) is 3.31. The average Bonchev–Trinajstić information content (AvgIpc) is 2.60. The van der Waals surface area contributed by atoms with Crippen LogP contribution in [0.4, 0.5) is 0 Å². The fourth-order valence-electron chi connectivity index (χ4n) is 3.33. The predicted molar refractivity (Wildman–Crippen MR) is 91.8 cm³/mol. The Bertz CT molecular complexity index is 706. The molecule has 1 fully saturated rings. The summed E-state index contributed by atoms with van der Waals surface area (Å²) >= 11 is 0. The van der Waals surface area contributed by atoms with E-state index in [1.54, 1.807) is 7.11 Å². The highest BCUT2D eigenvalue weighted by Crippen LogP contribution is 2.27. The minimum atomic E-state index is 0.0160. The van der Waals surface area contributed by atoms with Crippen LogP contribution < -0.4 is 4.74 Å². The van der Waals surface area contributed by atoms with Gasteiger partial charge in [0.25, 0.3) is 5.91 Å². The maximum Gasteiger partial charge on any atom is 0.272 e. The van der Waals surface area contributed by atoms with Gasteiger partial charge in [0.2, 0.25) is 0 Å². The highest BCUT2D eigenvalue weighted by molar-refractivity contribution is 5.95. The van der Waals surface area contributed by atoms with Crippen LogP contribution in [0.15, 0.2) is 30.3 Å². The molecule has 0 bridgehead atoms. The minimum absolute atomic E-state index is 0.0160. The van der Waals surface area contributed by atoms with Gasteiger partial charge in [0.1, 0.15) is 11.4 Å². The van der Waals surface area contributed by atoms with Gasteiger partial charge in [-0.1, -0.05) is 13.0 Å². The zero-order chi connectivity index (χ0) is 16.4. The third-order valence-electron chi connectivity index (χ3n) is 4.97. The first-order valence-electron chi connectivity index (χ1n) is 8.30. The summed E-state index contributed by atoms with van der Waals surface area (Å²) in [5.41, 5.74) is 1.34. The van der Waals surface area contributed by atoms with Crippen LogP contribution in [0.25, 0.3) is 10.9 Å². The highest BCUT2D eigenvalue weighted by Gasteiger charge is 2.26. The maximum atomic E-state index is 12.7. The maximum absolute atomic E-state index is 12.7. The Morgan fingerprint density at radius 2 is 1.91 bits per heavy atom. The van der Waals surface area contributed by atoms with Gasteiger partial charge in [-0.25, -0.2) is 4.98 Å². The summed E-state index contributed by atoms with van der Waals surface area (Å²) in [6.45, 7) is 2.29. The number of hydrogen-bond donors (Lipinski definition) is 0. The van der Waals surface area contributed by atoms with E-state index in [0.717, 1.165) is 35.4 Å². The van der Waals surface area contributed by atoms with Gasteiger partial charge in [-0.05, 0) is 55.9 Å².